The first-order valence-corrected chi connectivity index (χ1v) is 10.2. The fourth-order valence-corrected chi connectivity index (χ4v) is 3.71. The fraction of sp³-hybridized carbons (Fsp3) is 0.143. The minimum Gasteiger partial charge on any atom is -0.507 e. The van der Waals surface area contributed by atoms with Gasteiger partial charge in [0, 0.05) is 17.1 Å². The number of hydrogen-bond acceptors (Lipinski definition) is 6. The molecule has 0 spiro atoms. The number of imidazole rings is 1. The maximum atomic E-state index is 12.6. The molecule has 0 saturated carbocycles. The third kappa shape index (κ3) is 4.02. The van der Waals surface area contributed by atoms with Gasteiger partial charge in [-0.1, -0.05) is 40.2 Å². The Morgan fingerprint density at radius 1 is 1.23 bits per heavy atom. The lowest BCUT2D eigenvalue weighted by Crippen LogP contribution is -2.29. The third-order valence-corrected chi connectivity index (χ3v) is 5.35. The lowest BCUT2D eigenvalue weighted by atomic mass is 10.1. The number of hydrazone groups is 1. The summed E-state index contributed by atoms with van der Waals surface area (Å²) in [5.41, 5.74) is 4.31. The number of aromatic hydroxyl groups is 1. The van der Waals surface area contributed by atoms with Crippen LogP contribution in [0, 0.1) is 0 Å². The van der Waals surface area contributed by atoms with Crippen molar-refractivity contribution in [1.82, 2.24) is 19.1 Å². The number of nitrogens with one attached hydrogen (secondary N) is 2. The largest absolute Gasteiger partial charge is 0.507 e. The molecule has 2 aromatic carbocycles. The summed E-state index contributed by atoms with van der Waals surface area (Å²) in [6.07, 6.45) is 0. The highest BCUT2D eigenvalue weighted by atomic mass is 79.9. The molecule has 9 nitrogen and oxygen atoms in total. The molecule has 2 heterocycles. The summed E-state index contributed by atoms with van der Waals surface area (Å²) >= 11 is 3.45. The number of phenolic OH excluding ortho intramolecular Hbond substituents is 1. The molecule has 4 rings (SSSR count). The Morgan fingerprint density at radius 2 is 2.00 bits per heavy atom. The van der Waals surface area contributed by atoms with Gasteiger partial charge in [-0.15, -0.1) is 0 Å². The lowest BCUT2D eigenvalue weighted by molar-refractivity contribution is 0.474. The van der Waals surface area contributed by atoms with Crippen molar-refractivity contribution in [2.45, 2.75) is 13.5 Å². The van der Waals surface area contributed by atoms with Gasteiger partial charge in [-0.05, 0) is 36.8 Å². The molecule has 0 unspecified atom stereocenters. The minimum absolute atomic E-state index is 0.104. The molecule has 0 radical (unpaired) electrons. The number of para-hydroxylation sites is 1. The summed E-state index contributed by atoms with van der Waals surface area (Å²) in [5.74, 6) is 0.392. The van der Waals surface area contributed by atoms with Crippen molar-refractivity contribution in [1.29, 1.82) is 0 Å². The Morgan fingerprint density at radius 3 is 2.74 bits per heavy atom. The van der Waals surface area contributed by atoms with E-state index in [9.17, 15) is 14.7 Å². The summed E-state index contributed by atoms with van der Waals surface area (Å²) in [6.45, 7) is 2.07. The van der Waals surface area contributed by atoms with E-state index in [1.807, 2.05) is 24.3 Å². The van der Waals surface area contributed by atoms with Crippen LogP contribution < -0.4 is 16.7 Å². The zero-order valence-corrected chi connectivity index (χ0v) is 18.3. The van der Waals surface area contributed by atoms with E-state index in [-0.39, 0.29) is 22.9 Å². The number of aromatic nitrogens is 4. The van der Waals surface area contributed by atoms with Gasteiger partial charge in [-0.3, -0.25) is 18.9 Å². The van der Waals surface area contributed by atoms with Crippen molar-refractivity contribution in [3.63, 3.8) is 0 Å². The molecule has 158 valence electrons. The first kappa shape index (κ1) is 20.6. The van der Waals surface area contributed by atoms with E-state index in [1.165, 1.54) is 11.6 Å². The smallest absolute Gasteiger partial charge is 0.329 e. The van der Waals surface area contributed by atoms with E-state index >= 15 is 0 Å². The number of fused-ring (bicyclic) bond motifs is 1. The van der Waals surface area contributed by atoms with Gasteiger partial charge < -0.3 is 5.11 Å². The van der Waals surface area contributed by atoms with Crippen LogP contribution in [0.2, 0.25) is 0 Å². The van der Waals surface area contributed by atoms with Crippen molar-refractivity contribution in [3.05, 3.63) is 85.0 Å². The average Bonchev–Trinajstić information content (AvgIpc) is 3.09. The SMILES string of the molecule is CC(=NNc1nc2c(c(=O)[nH]c(=O)n2C)n1Cc1cccc(Br)c1)c1ccccc1O. The van der Waals surface area contributed by atoms with Crippen LogP contribution in [-0.2, 0) is 13.6 Å². The Balaban J connectivity index is 1.84. The highest BCUT2D eigenvalue weighted by molar-refractivity contribution is 9.10. The van der Waals surface area contributed by atoms with Gasteiger partial charge in [-0.25, -0.2) is 10.2 Å². The predicted molar refractivity (Wildman–Crippen MR) is 123 cm³/mol. The molecular formula is C21H19BrN6O3. The molecule has 0 fully saturated rings. The molecule has 31 heavy (non-hydrogen) atoms. The first-order chi connectivity index (χ1) is 14.8. The molecule has 0 aliphatic rings. The topological polar surface area (TPSA) is 117 Å². The van der Waals surface area contributed by atoms with E-state index < -0.39 is 11.2 Å². The van der Waals surface area contributed by atoms with Crippen LogP contribution in [0.15, 0.2) is 67.7 Å². The van der Waals surface area contributed by atoms with Gasteiger partial charge in [0.05, 0.1) is 12.3 Å². The predicted octanol–water partition coefficient (Wildman–Crippen LogP) is 2.78. The summed E-state index contributed by atoms with van der Waals surface area (Å²) < 4.78 is 3.84. The Bertz CT molecular complexity index is 1430. The van der Waals surface area contributed by atoms with Gasteiger partial charge in [0.1, 0.15) is 5.75 Å². The van der Waals surface area contributed by atoms with E-state index in [0.29, 0.717) is 17.8 Å². The van der Waals surface area contributed by atoms with Gasteiger partial charge in [0.2, 0.25) is 5.95 Å². The zero-order valence-electron chi connectivity index (χ0n) is 16.8. The fourth-order valence-electron chi connectivity index (χ4n) is 3.27. The maximum Gasteiger partial charge on any atom is 0.329 e. The molecule has 3 N–H and O–H groups in total. The number of aryl methyl sites for hydroxylation is 1. The monoisotopic (exact) mass is 482 g/mol. The van der Waals surface area contributed by atoms with Crippen molar-refractivity contribution < 1.29 is 5.11 Å². The molecule has 0 saturated heterocycles. The van der Waals surface area contributed by atoms with E-state index in [0.717, 1.165) is 10.0 Å². The second-order valence-corrected chi connectivity index (χ2v) is 7.88. The number of nitrogens with zero attached hydrogens (tertiary/aromatic N) is 4. The second-order valence-electron chi connectivity index (χ2n) is 6.97. The number of anilines is 1. The van der Waals surface area contributed by atoms with Gasteiger partial charge in [0.25, 0.3) is 5.56 Å². The second kappa shape index (κ2) is 8.23. The zero-order chi connectivity index (χ0) is 22.1. The summed E-state index contributed by atoms with van der Waals surface area (Å²) in [4.78, 5) is 31.4. The van der Waals surface area contributed by atoms with Crippen LogP contribution in [0.3, 0.4) is 0 Å². The highest BCUT2D eigenvalue weighted by Gasteiger charge is 2.18. The molecular weight excluding hydrogens is 464 g/mol. The number of benzene rings is 2. The molecule has 0 atom stereocenters. The van der Waals surface area contributed by atoms with E-state index in [4.69, 9.17) is 0 Å². The van der Waals surface area contributed by atoms with Gasteiger partial charge in [-0.2, -0.15) is 10.1 Å². The normalized spacial score (nSPS) is 11.8. The Hall–Kier alpha value is -3.66. The molecule has 10 heteroatoms. The van der Waals surface area contributed by atoms with Crippen LogP contribution in [0.1, 0.15) is 18.1 Å². The van der Waals surface area contributed by atoms with Crippen LogP contribution in [0.25, 0.3) is 11.2 Å². The standard InChI is InChI=1S/C21H19BrN6O3/c1-12(15-8-3-4-9-16(15)29)25-26-20-23-18-17(19(30)24-21(31)27(18)2)28(20)11-13-6-5-7-14(22)10-13/h3-10,29H,11H2,1-2H3,(H,23,26)(H,24,30,31). The number of rotatable bonds is 5. The third-order valence-electron chi connectivity index (χ3n) is 4.85. The number of hydrogen-bond donors (Lipinski definition) is 3. The average molecular weight is 483 g/mol. The number of aromatic amines is 1. The van der Waals surface area contributed by atoms with E-state index in [1.54, 1.807) is 35.8 Å². The van der Waals surface area contributed by atoms with Crippen LogP contribution in [0.4, 0.5) is 5.95 Å². The molecule has 0 bridgehead atoms. The number of H-pyrrole nitrogens is 1. The summed E-state index contributed by atoms with van der Waals surface area (Å²) in [6, 6.07) is 14.5. The molecule has 2 aromatic heterocycles. The first-order valence-electron chi connectivity index (χ1n) is 9.38. The van der Waals surface area contributed by atoms with Crippen molar-refractivity contribution in [2.75, 3.05) is 5.43 Å². The van der Waals surface area contributed by atoms with Crippen LogP contribution in [0.5, 0.6) is 5.75 Å². The molecule has 0 amide bonds. The lowest BCUT2D eigenvalue weighted by Gasteiger charge is -2.10. The van der Waals surface area contributed by atoms with Gasteiger partial charge in [0.15, 0.2) is 11.2 Å². The Labute approximate surface area is 184 Å². The maximum absolute atomic E-state index is 12.6. The minimum atomic E-state index is -0.551. The molecule has 0 aliphatic carbocycles. The number of halogens is 1. The summed E-state index contributed by atoms with van der Waals surface area (Å²) in [7, 11) is 1.54. The highest BCUT2D eigenvalue weighted by Crippen LogP contribution is 2.21. The van der Waals surface area contributed by atoms with Crippen LogP contribution >= 0.6 is 15.9 Å². The van der Waals surface area contributed by atoms with Gasteiger partial charge >= 0.3 is 5.69 Å². The summed E-state index contributed by atoms with van der Waals surface area (Å²) in [5, 5.41) is 14.4. The van der Waals surface area contributed by atoms with Crippen LogP contribution in [-0.4, -0.2) is 29.9 Å². The number of phenols is 1. The molecule has 4 aromatic rings. The Kier molecular flexibility index (Phi) is 5.47. The quantitative estimate of drug-likeness (QED) is 0.298. The van der Waals surface area contributed by atoms with Crippen molar-refractivity contribution in [2.24, 2.45) is 12.1 Å². The van der Waals surface area contributed by atoms with E-state index in [2.05, 4.69) is 36.4 Å². The molecule has 0 aliphatic heterocycles. The van der Waals surface area contributed by atoms with Crippen molar-refractivity contribution in [3.8, 4) is 5.75 Å². The van der Waals surface area contributed by atoms with Crippen molar-refractivity contribution >= 4 is 38.8 Å².